The molecular weight excluding hydrogens is 190 g/mol. The number of phenolic OH excluding ortho intramolecular Hbond substituents is 1. The highest BCUT2D eigenvalue weighted by molar-refractivity contribution is 5.78. The van der Waals surface area contributed by atoms with Crippen molar-refractivity contribution in [2.45, 2.75) is 25.8 Å². The van der Waals surface area contributed by atoms with Crippen molar-refractivity contribution in [1.82, 2.24) is 5.32 Å². The largest absolute Gasteiger partial charge is 0.508 e. The summed E-state index contributed by atoms with van der Waals surface area (Å²) in [4.78, 5) is 11.3. The molecular formula is C12H17NO2. The topological polar surface area (TPSA) is 49.3 Å². The summed E-state index contributed by atoms with van der Waals surface area (Å²) in [7, 11) is 1.83. The van der Waals surface area contributed by atoms with Gasteiger partial charge in [0.2, 0.25) is 0 Å². The molecule has 0 fully saturated rings. The lowest BCUT2D eigenvalue weighted by atomic mass is 10.0. The molecule has 1 atom stereocenters. The molecule has 1 aromatic rings. The van der Waals surface area contributed by atoms with Crippen LogP contribution in [0.25, 0.3) is 0 Å². The predicted molar refractivity (Wildman–Crippen MR) is 59.8 cm³/mol. The number of carbonyl (C=O) groups excluding carboxylic acids is 1. The molecule has 1 aromatic carbocycles. The third-order valence-electron chi connectivity index (χ3n) is 2.47. The first-order chi connectivity index (χ1) is 7.17. The summed E-state index contributed by atoms with van der Waals surface area (Å²) >= 11 is 0. The number of phenols is 1. The molecule has 0 aromatic heterocycles. The second-order valence-electron chi connectivity index (χ2n) is 3.53. The quantitative estimate of drug-likeness (QED) is 0.776. The first-order valence-electron chi connectivity index (χ1n) is 5.15. The van der Waals surface area contributed by atoms with E-state index in [4.69, 9.17) is 5.11 Å². The lowest BCUT2D eigenvalue weighted by Gasteiger charge is -2.15. The van der Waals surface area contributed by atoms with Gasteiger partial charge in [-0.3, -0.25) is 4.79 Å². The summed E-state index contributed by atoms with van der Waals surface area (Å²) in [6, 6.07) is 6.98. The number of carbonyl (C=O) groups is 1. The van der Waals surface area contributed by atoms with Gasteiger partial charge in [0.15, 0.2) is 0 Å². The Morgan fingerprint density at radius 2 is 2.00 bits per heavy atom. The maximum atomic E-state index is 11.3. The number of ketones is 1. The van der Waals surface area contributed by atoms with Gasteiger partial charge in [-0.25, -0.2) is 0 Å². The summed E-state index contributed by atoms with van der Waals surface area (Å²) in [5.74, 6) is 0.484. The van der Waals surface area contributed by atoms with E-state index < -0.39 is 0 Å². The minimum absolute atomic E-state index is 0.0399. The fourth-order valence-electron chi connectivity index (χ4n) is 1.47. The van der Waals surface area contributed by atoms with E-state index in [1.165, 1.54) is 0 Å². The van der Waals surface area contributed by atoms with Crippen LogP contribution in [0.2, 0.25) is 0 Å². The molecule has 0 aliphatic rings. The van der Waals surface area contributed by atoms with Crippen LogP contribution >= 0.6 is 0 Å². The highest BCUT2D eigenvalue weighted by Gasteiger charge is 2.12. The zero-order chi connectivity index (χ0) is 11.3. The number of benzene rings is 1. The van der Waals surface area contributed by atoms with Crippen molar-refractivity contribution in [3.8, 4) is 5.75 Å². The molecule has 0 saturated heterocycles. The summed E-state index contributed by atoms with van der Waals surface area (Å²) < 4.78 is 0. The van der Waals surface area contributed by atoms with Gasteiger partial charge in [0.25, 0.3) is 0 Å². The van der Waals surface area contributed by atoms with Crippen LogP contribution in [0.5, 0.6) is 5.75 Å². The molecule has 0 aliphatic carbocycles. The number of Topliss-reactive ketones (excluding diaryl/α,β-unsaturated/α-hetero) is 1. The molecule has 0 bridgehead atoms. The minimum Gasteiger partial charge on any atom is -0.508 e. The van der Waals surface area contributed by atoms with Gasteiger partial charge in [-0.2, -0.15) is 0 Å². The average Bonchev–Trinajstić information content (AvgIpc) is 2.27. The summed E-state index contributed by atoms with van der Waals surface area (Å²) in [5.41, 5.74) is 1.03. The van der Waals surface area contributed by atoms with Crippen molar-refractivity contribution < 1.29 is 9.90 Å². The molecule has 3 nitrogen and oxygen atoms in total. The Morgan fingerprint density at radius 1 is 1.40 bits per heavy atom. The highest BCUT2D eigenvalue weighted by Crippen LogP contribution is 2.19. The second-order valence-corrected chi connectivity index (χ2v) is 3.53. The number of hydrogen-bond donors (Lipinski definition) is 2. The van der Waals surface area contributed by atoms with Gasteiger partial charge < -0.3 is 10.4 Å². The van der Waals surface area contributed by atoms with Crippen LogP contribution in [0.4, 0.5) is 0 Å². The molecule has 1 unspecified atom stereocenters. The van der Waals surface area contributed by atoms with E-state index in [2.05, 4.69) is 5.32 Å². The molecule has 15 heavy (non-hydrogen) atoms. The Labute approximate surface area is 90.1 Å². The standard InChI is InChI=1S/C12H17NO2/c1-3-10(14)8-12(13-2)9-4-6-11(15)7-5-9/h4-7,12-13,15H,3,8H2,1-2H3. The Balaban J connectivity index is 2.74. The summed E-state index contributed by atoms with van der Waals surface area (Å²) in [6.07, 6.45) is 1.06. The third-order valence-corrected chi connectivity index (χ3v) is 2.47. The fourth-order valence-corrected chi connectivity index (χ4v) is 1.47. The first-order valence-corrected chi connectivity index (χ1v) is 5.15. The van der Waals surface area contributed by atoms with Gasteiger partial charge in [0.05, 0.1) is 0 Å². The minimum atomic E-state index is 0.0399. The highest BCUT2D eigenvalue weighted by atomic mass is 16.3. The van der Waals surface area contributed by atoms with Gasteiger partial charge >= 0.3 is 0 Å². The van der Waals surface area contributed by atoms with Crippen molar-refractivity contribution in [3.05, 3.63) is 29.8 Å². The summed E-state index contributed by atoms with van der Waals surface area (Å²) in [6.45, 7) is 1.87. The molecule has 82 valence electrons. The molecule has 2 N–H and O–H groups in total. The predicted octanol–water partition coefficient (Wildman–Crippen LogP) is 2.02. The molecule has 0 aliphatic heterocycles. The van der Waals surface area contributed by atoms with Crippen LogP contribution < -0.4 is 5.32 Å². The monoisotopic (exact) mass is 207 g/mol. The third kappa shape index (κ3) is 3.36. The number of nitrogens with one attached hydrogen (secondary N) is 1. The van der Waals surface area contributed by atoms with Crippen molar-refractivity contribution in [2.24, 2.45) is 0 Å². The molecule has 1 rings (SSSR count). The van der Waals surface area contributed by atoms with Crippen molar-refractivity contribution in [2.75, 3.05) is 7.05 Å². The molecule has 0 amide bonds. The maximum absolute atomic E-state index is 11.3. The normalized spacial score (nSPS) is 12.4. The first kappa shape index (κ1) is 11.7. The SMILES string of the molecule is CCC(=O)CC(NC)c1ccc(O)cc1. The fraction of sp³-hybridized carbons (Fsp3) is 0.417. The lowest BCUT2D eigenvalue weighted by molar-refractivity contribution is -0.119. The van der Waals surface area contributed by atoms with Gasteiger partial charge in [-0.05, 0) is 24.7 Å². The molecule has 3 heteroatoms. The average molecular weight is 207 g/mol. The number of rotatable bonds is 5. The van der Waals surface area contributed by atoms with E-state index in [0.717, 1.165) is 5.56 Å². The van der Waals surface area contributed by atoms with E-state index in [-0.39, 0.29) is 17.6 Å². The molecule has 0 heterocycles. The summed E-state index contributed by atoms with van der Waals surface area (Å²) in [5, 5.41) is 12.3. The zero-order valence-electron chi connectivity index (χ0n) is 9.16. The second kappa shape index (κ2) is 5.51. The lowest BCUT2D eigenvalue weighted by Crippen LogP contribution is -2.19. The molecule has 0 spiro atoms. The van der Waals surface area contributed by atoms with E-state index in [0.29, 0.717) is 12.8 Å². The van der Waals surface area contributed by atoms with Crippen molar-refractivity contribution in [3.63, 3.8) is 0 Å². The Morgan fingerprint density at radius 3 is 2.47 bits per heavy atom. The zero-order valence-corrected chi connectivity index (χ0v) is 9.16. The van der Waals surface area contributed by atoms with Gasteiger partial charge in [-0.1, -0.05) is 19.1 Å². The van der Waals surface area contributed by atoms with E-state index in [9.17, 15) is 4.79 Å². The maximum Gasteiger partial charge on any atom is 0.134 e. The van der Waals surface area contributed by atoms with E-state index >= 15 is 0 Å². The Bertz CT molecular complexity index is 319. The number of hydrogen-bond acceptors (Lipinski definition) is 3. The van der Waals surface area contributed by atoms with Gasteiger partial charge in [0, 0.05) is 18.9 Å². The Hall–Kier alpha value is -1.35. The van der Waals surface area contributed by atoms with Gasteiger partial charge in [-0.15, -0.1) is 0 Å². The number of aromatic hydroxyl groups is 1. The van der Waals surface area contributed by atoms with Crippen LogP contribution in [0.15, 0.2) is 24.3 Å². The van der Waals surface area contributed by atoms with Crippen molar-refractivity contribution in [1.29, 1.82) is 0 Å². The molecule has 0 radical (unpaired) electrons. The van der Waals surface area contributed by atoms with Gasteiger partial charge in [0.1, 0.15) is 11.5 Å². The van der Waals surface area contributed by atoms with Crippen LogP contribution in [0.3, 0.4) is 0 Å². The van der Waals surface area contributed by atoms with Crippen LogP contribution in [-0.4, -0.2) is 17.9 Å². The smallest absolute Gasteiger partial charge is 0.134 e. The Kier molecular flexibility index (Phi) is 4.31. The van der Waals surface area contributed by atoms with Crippen LogP contribution in [0.1, 0.15) is 31.4 Å². The van der Waals surface area contributed by atoms with Crippen LogP contribution in [0, 0.1) is 0 Å². The van der Waals surface area contributed by atoms with Crippen LogP contribution in [-0.2, 0) is 4.79 Å². The van der Waals surface area contributed by atoms with E-state index in [1.807, 2.05) is 26.1 Å². The van der Waals surface area contributed by atoms with E-state index in [1.54, 1.807) is 12.1 Å². The van der Waals surface area contributed by atoms with Crippen molar-refractivity contribution >= 4 is 5.78 Å². The molecule has 0 saturated carbocycles.